The molecular formula is C14H15ClN2O. The van der Waals surface area contributed by atoms with Crippen molar-refractivity contribution >= 4 is 17.4 Å². The highest BCUT2D eigenvalue weighted by Crippen LogP contribution is 2.17. The van der Waals surface area contributed by atoms with E-state index in [0.29, 0.717) is 17.0 Å². The maximum Gasteiger partial charge on any atom is 0.167 e. The molecule has 0 radical (unpaired) electrons. The zero-order valence-corrected chi connectivity index (χ0v) is 11.2. The number of ketones is 1. The van der Waals surface area contributed by atoms with Crippen LogP contribution in [0.2, 0.25) is 5.02 Å². The number of hydrogen-bond donors (Lipinski definition) is 0. The molecular weight excluding hydrogens is 248 g/mol. The van der Waals surface area contributed by atoms with E-state index in [4.69, 9.17) is 11.6 Å². The number of aromatic nitrogens is 2. The van der Waals surface area contributed by atoms with Crippen LogP contribution < -0.4 is 0 Å². The van der Waals surface area contributed by atoms with Gasteiger partial charge >= 0.3 is 0 Å². The Bertz CT molecular complexity index is 575. The van der Waals surface area contributed by atoms with Gasteiger partial charge in [0.1, 0.15) is 0 Å². The highest BCUT2D eigenvalue weighted by atomic mass is 35.5. The van der Waals surface area contributed by atoms with Crippen LogP contribution in [0.5, 0.6) is 0 Å². The summed E-state index contributed by atoms with van der Waals surface area (Å²) in [5.41, 5.74) is 2.56. The van der Waals surface area contributed by atoms with Crippen molar-refractivity contribution in [3.63, 3.8) is 0 Å². The number of aryl methyl sites for hydroxylation is 2. The van der Waals surface area contributed by atoms with Gasteiger partial charge in [-0.2, -0.15) is 5.10 Å². The van der Waals surface area contributed by atoms with Crippen LogP contribution in [-0.2, 0) is 13.0 Å². The fraction of sp³-hybridized carbons (Fsp3) is 0.286. The molecule has 0 amide bonds. The minimum Gasteiger partial charge on any atom is -0.294 e. The molecule has 2 rings (SSSR count). The van der Waals surface area contributed by atoms with Crippen molar-refractivity contribution in [2.75, 3.05) is 0 Å². The van der Waals surface area contributed by atoms with Crippen LogP contribution in [0.1, 0.15) is 28.4 Å². The van der Waals surface area contributed by atoms with Crippen LogP contribution in [0.25, 0.3) is 0 Å². The van der Waals surface area contributed by atoms with Gasteiger partial charge in [0.15, 0.2) is 5.78 Å². The second kappa shape index (κ2) is 5.36. The zero-order valence-electron chi connectivity index (χ0n) is 10.5. The van der Waals surface area contributed by atoms with Crippen molar-refractivity contribution < 1.29 is 4.79 Å². The Morgan fingerprint density at radius 2 is 2.22 bits per heavy atom. The third-order valence-corrected chi connectivity index (χ3v) is 3.28. The van der Waals surface area contributed by atoms with Gasteiger partial charge in [0.25, 0.3) is 0 Å². The van der Waals surface area contributed by atoms with Crippen LogP contribution in [0.3, 0.4) is 0 Å². The van der Waals surface area contributed by atoms with Crippen LogP contribution in [0, 0.1) is 6.92 Å². The molecule has 94 valence electrons. The van der Waals surface area contributed by atoms with Gasteiger partial charge in [0.2, 0.25) is 0 Å². The summed E-state index contributed by atoms with van der Waals surface area (Å²) in [5.74, 6) is 0.0884. The van der Waals surface area contributed by atoms with Crippen molar-refractivity contribution in [1.82, 2.24) is 9.78 Å². The maximum absolute atomic E-state index is 12.1. The lowest BCUT2D eigenvalue weighted by molar-refractivity contribution is 0.0993. The van der Waals surface area contributed by atoms with E-state index in [0.717, 1.165) is 17.7 Å². The molecule has 1 aromatic carbocycles. The standard InChI is InChI=1S/C14H15ClN2O/c1-3-17-9-11(8-16-17)7-14(18)12-4-5-13(15)10(2)6-12/h4-6,8-9H,3,7H2,1-2H3. The van der Waals surface area contributed by atoms with Gasteiger partial charge in [-0.25, -0.2) is 0 Å². The van der Waals surface area contributed by atoms with Crippen molar-refractivity contribution in [1.29, 1.82) is 0 Å². The predicted molar refractivity (Wildman–Crippen MR) is 72.1 cm³/mol. The quantitative estimate of drug-likeness (QED) is 0.793. The summed E-state index contributed by atoms with van der Waals surface area (Å²) in [6.45, 7) is 4.73. The first-order valence-corrected chi connectivity index (χ1v) is 6.28. The molecule has 0 saturated carbocycles. The average molecular weight is 263 g/mol. The molecule has 1 aromatic heterocycles. The molecule has 3 nitrogen and oxygen atoms in total. The lowest BCUT2D eigenvalue weighted by atomic mass is 10.0. The summed E-state index contributed by atoms with van der Waals surface area (Å²) in [7, 11) is 0. The number of halogens is 1. The van der Waals surface area contributed by atoms with Crippen LogP contribution in [-0.4, -0.2) is 15.6 Å². The maximum atomic E-state index is 12.1. The van der Waals surface area contributed by atoms with E-state index in [1.165, 1.54) is 0 Å². The number of benzene rings is 1. The Morgan fingerprint density at radius 3 is 2.83 bits per heavy atom. The lowest BCUT2D eigenvalue weighted by Gasteiger charge is -2.02. The summed E-state index contributed by atoms with van der Waals surface area (Å²) >= 11 is 5.94. The highest BCUT2D eigenvalue weighted by Gasteiger charge is 2.09. The van der Waals surface area contributed by atoms with Crippen LogP contribution >= 0.6 is 11.6 Å². The third-order valence-electron chi connectivity index (χ3n) is 2.86. The minimum atomic E-state index is 0.0884. The molecule has 0 aliphatic carbocycles. The molecule has 4 heteroatoms. The second-order valence-electron chi connectivity index (χ2n) is 4.27. The smallest absolute Gasteiger partial charge is 0.167 e. The largest absolute Gasteiger partial charge is 0.294 e. The summed E-state index contributed by atoms with van der Waals surface area (Å²) in [6.07, 6.45) is 4.02. The average Bonchev–Trinajstić information content (AvgIpc) is 2.80. The first-order valence-electron chi connectivity index (χ1n) is 5.91. The molecule has 0 atom stereocenters. The normalized spacial score (nSPS) is 10.6. The fourth-order valence-electron chi connectivity index (χ4n) is 1.78. The first kappa shape index (κ1) is 12.8. The molecule has 0 bridgehead atoms. The van der Waals surface area contributed by atoms with E-state index in [2.05, 4.69) is 5.10 Å². The van der Waals surface area contributed by atoms with Gasteiger partial charge in [-0.3, -0.25) is 9.48 Å². The molecule has 1 heterocycles. The van der Waals surface area contributed by atoms with Gasteiger partial charge in [0.05, 0.1) is 6.20 Å². The van der Waals surface area contributed by atoms with Gasteiger partial charge in [-0.15, -0.1) is 0 Å². The lowest BCUT2D eigenvalue weighted by Crippen LogP contribution is -2.03. The number of carbonyl (C=O) groups is 1. The van der Waals surface area contributed by atoms with E-state index in [1.54, 1.807) is 18.3 Å². The minimum absolute atomic E-state index is 0.0884. The van der Waals surface area contributed by atoms with Crippen molar-refractivity contribution in [3.8, 4) is 0 Å². The van der Waals surface area contributed by atoms with E-state index in [-0.39, 0.29) is 5.78 Å². The zero-order chi connectivity index (χ0) is 13.1. The van der Waals surface area contributed by atoms with Crippen LogP contribution in [0.15, 0.2) is 30.6 Å². The Labute approximate surface area is 111 Å². The number of carbonyl (C=O) groups excluding carboxylic acids is 1. The Balaban J connectivity index is 2.14. The van der Waals surface area contributed by atoms with Gasteiger partial charge in [-0.1, -0.05) is 11.6 Å². The van der Waals surface area contributed by atoms with E-state index in [1.807, 2.05) is 30.8 Å². The predicted octanol–water partition coefficient (Wildman–Crippen LogP) is 3.29. The fourth-order valence-corrected chi connectivity index (χ4v) is 1.89. The summed E-state index contributed by atoms with van der Waals surface area (Å²) in [5, 5.41) is 4.84. The molecule has 0 aliphatic heterocycles. The number of hydrogen-bond acceptors (Lipinski definition) is 2. The molecule has 0 saturated heterocycles. The van der Waals surface area contributed by atoms with Crippen molar-refractivity contribution in [2.45, 2.75) is 26.8 Å². The van der Waals surface area contributed by atoms with E-state index in [9.17, 15) is 4.79 Å². The molecule has 0 unspecified atom stereocenters. The van der Waals surface area contributed by atoms with Gasteiger partial charge in [-0.05, 0) is 43.2 Å². The number of Topliss-reactive ketones (excluding diaryl/α,β-unsaturated/α-hetero) is 1. The SMILES string of the molecule is CCn1cc(CC(=O)c2ccc(Cl)c(C)c2)cn1. The number of rotatable bonds is 4. The van der Waals surface area contributed by atoms with Gasteiger partial charge < -0.3 is 0 Å². The summed E-state index contributed by atoms with van der Waals surface area (Å²) < 4.78 is 1.82. The molecule has 2 aromatic rings. The topological polar surface area (TPSA) is 34.9 Å². The Hall–Kier alpha value is -1.61. The number of nitrogens with zero attached hydrogens (tertiary/aromatic N) is 2. The van der Waals surface area contributed by atoms with E-state index >= 15 is 0 Å². The second-order valence-corrected chi connectivity index (χ2v) is 4.68. The van der Waals surface area contributed by atoms with Crippen molar-refractivity contribution in [2.24, 2.45) is 0 Å². The summed E-state index contributed by atoms with van der Waals surface area (Å²) in [4.78, 5) is 12.1. The summed E-state index contributed by atoms with van der Waals surface area (Å²) in [6, 6.07) is 5.36. The molecule has 18 heavy (non-hydrogen) atoms. The Morgan fingerprint density at radius 1 is 1.44 bits per heavy atom. The molecule has 0 spiro atoms. The molecule has 0 N–H and O–H groups in total. The molecule has 0 aliphatic rings. The first-order chi connectivity index (χ1) is 8.60. The van der Waals surface area contributed by atoms with E-state index < -0.39 is 0 Å². The van der Waals surface area contributed by atoms with Crippen molar-refractivity contribution in [3.05, 3.63) is 52.3 Å². The third kappa shape index (κ3) is 2.79. The highest BCUT2D eigenvalue weighted by molar-refractivity contribution is 6.31. The van der Waals surface area contributed by atoms with Crippen LogP contribution in [0.4, 0.5) is 0 Å². The Kier molecular flexibility index (Phi) is 3.82. The van der Waals surface area contributed by atoms with Gasteiger partial charge in [0, 0.05) is 29.7 Å². The molecule has 0 fully saturated rings. The monoisotopic (exact) mass is 262 g/mol.